The molecule has 0 bridgehead atoms. The molecule has 0 aliphatic rings. The number of hydrogen-bond donors (Lipinski definition) is 0. The van der Waals surface area contributed by atoms with Gasteiger partial charge < -0.3 is 4.74 Å². The van der Waals surface area contributed by atoms with Crippen molar-refractivity contribution in [2.45, 2.75) is 13.8 Å². The molecule has 0 aliphatic heterocycles. The zero-order valence-corrected chi connectivity index (χ0v) is 14.0. The van der Waals surface area contributed by atoms with Crippen LogP contribution in [0.2, 0.25) is 0 Å². The molecule has 0 unspecified atom stereocenters. The summed E-state index contributed by atoms with van der Waals surface area (Å²) in [7, 11) is 0. The summed E-state index contributed by atoms with van der Waals surface area (Å²) in [6, 6.07) is 11.5. The van der Waals surface area contributed by atoms with Crippen molar-refractivity contribution in [1.29, 1.82) is 5.26 Å². The number of imidazole rings is 1. The number of nitriles is 1. The minimum Gasteiger partial charge on any atom is -0.462 e. The largest absolute Gasteiger partial charge is 0.462 e. The molecule has 0 amide bonds. The van der Waals surface area contributed by atoms with E-state index in [9.17, 15) is 10.1 Å². The third kappa shape index (κ3) is 2.92. The molecular weight excluding hydrogens is 324 g/mol. The summed E-state index contributed by atoms with van der Waals surface area (Å²) in [6.07, 6.45) is 1.49. The molecule has 2 aromatic heterocycles. The Hall–Kier alpha value is -2.98. The van der Waals surface area contributed by atoms with E-state index >= 15 is 0 Å². The van der Waals surface area contributed by atoms with Crippen LogP contribution in [0.4, 0.5) is 0 Å². The number of ether oxygens (including phenoxy) is 1. The number of carbonyl (C=O) groups is 1. The quantitative estimate of drug-likeness (QED) is 0.414. The van der Waals surface area contributed by atoms with Gasteiger partial charge in [-0.15, -0.1) is 0 Å². The van der Waals surface area contributed by atoms with Gasteiger partial charge in [-0.25, -0.2) is 14.3 Å². The fourth-order valence-corrected chi connectivity index (χ4v) is 3.03. The van der Waals surface area contributed by atoms with Gasteiger partial charge in [-0.05, 0) is 19.9 Å². The molecule has 120 valence electrons. The van der Waals surface area contributed by atoms with Crippen LogP contribution >= 0.6 is 11.3 Å². The molecule has 0 saturated heterocycles. The van der Waals surface area contributed by atoms with Crippen molar-refractivity contribution in [3.8, 4) is 17.3 Å². The number of aromatic nitrogens is 3. The van der Waals surface area contributed by atoms with Crippen molar-refractivity contribution >= 4 is 28.3 Å². The van der Waals surface area contributed by atoms with Gasteiger partial charge in [-0.2, -0.15) is 10.4 Å². The van der Waals surface area contributed by atoms with E-state index in [1.165, 1.54) is 17.4 Å². The maximum Gasteiger partial charge on any atom is 0.348 e. The summed E-state index contributed by atoms with van der Waals surface area (Å²) < 4.78 is 6.58. The molecule has 0 aliphatic carbocycles. The monoisotopic (exact) mass is 338 g/mol. The SMILES string of the molecule is CCOC(=O)C(C#N)=Cc1c(-c2ccccc2)nc2sc(C)nn12. The highest BCUT2D eigenvalue weighted by Crippen LogP contribution is 2.28. The summed E-state index contributed by atoms with van der Waals surface area (Å²) in [5.74, 6) is -0.652. The third-order valence-corrected chi connectivity index (χ3v) is 4.11. The summed E-state index contributed by atoms with van der Waals surface area (Å²) in [5.41, 5.74) is 2.07. The molecular formula is C17H14N4O2S. The predicted octanol–water partition coefficient (Wildman–Crippen LogP) is 3.24. The normalized spacial score (nSPS) is 11.5. The smallest absolute Gasteiger partial charge is 0.348 e. The summed E-state index contributed by atoms with van der Waals surface area (Å²) >= 11 is 1.45. The molecule has 0 saturated carbocycles. The van der Waals surface area contributed by atoms with Crippen LogP contribution in [-0.2, 0) is 9.53 Å². The minimum atomic E-state index is -0.652. The molecule has 0 radical (unpaired) electrons. The fraction of sp³-hybridized carbons (Fsp3) is 0.176. The summed E-state index contributed by atoms with van der Waals surface area (Å²) in [4.78, 5) is 17.2. The average molecular weight is 338 g/mol. The lowest BCUT2D eigenvalue weighted by Gasteiger charge is -2.02. The molecule has 2 heterocycles. The fourth-order valence-electron chi connectivity index (χ4n) is 2.28. The van der Waals surface area contributed by atoms with E-state index in [0.717, 1.165) is 10.6 Å². The van der Waals surface area contributed by atoms with Gasteiger partial charge in [0.05, 0.1) is 18.0 Å². The number of hydrogen-bond acceptors (Lipinski definition) is 6. The van der Waals surface area contributed by atoms with Crippen LogP contribution in [0.3, 0.4) is 0 Å². The molecule has 0 N–H and O–H groups in total. The molecule has 24 heavy (non-hydrogen) atoms. The lowest BCUT2D eigenvalue weighted by Crippen LogP contribution is -2.06. The first-order valence-electron chi connectivity index (χ1n) is 7.34. The van der Waals surface area contributed by atoms with Crippen LogP contribution in [0.25, 0.3) is 22.3 Å². The number of nitrogens with zero attached hydrogens (tertiary/aromatic N) is 4. The minimum absolute atomic E-state index is 0.0820. The Morgan fingerprint density at radius 1 is 1.42 bits per heavy atom. The van der Waals surface area contributed by atoms with Crippen molar-refractivity contribution in [3.63, 3.8) is 0 Å². The maximum absolute atomic E-state index is 11.9. The Kier molecular flexibility index (Phi) is 4.40. The van der Waals surface area contributed by atoms with Crippen molar-refractivity contribution in [2.24, 2.45) is 0 Å². The first-order chi connectivity index (χ1) is 11.6. The van der Waals surface area contributed by atoms with Crippen LogP contribution in [0.1, 0.15) is 17.6 Å². The van der Waals surface area contributed by atoms with Gasteiger partial charge in [0.25, 0.3) is 0 Å². The highest BCUT2D eigenvalue weighted by molar-refractivity contribution is 7.16. The second kappa shape index (κ2) is 6.64. The molecule has 3 rings (SSSR count). The standard InChI is InChI=1S/C17H14N4O2S/c1-3-23-16(22)13(10-18)9-14-15(12-7-5-4-6-8-12)19-17-21(14)20-11(2)24-17/h4-9H,3H2,1-2H3. The van der Waals surface area contributed by atoms with E-state index < -0.39 is 5.97 Å². The Bertz CT molecular complexity index is 964. The first-order valence-corrected chi connectivity index (χ1v) is 8.16. The van der Waals surface area contributed by atoms with E-state index in [4.69, 9.17) is 4.74 Å². The lowest BCUT2D eigenvalue weighted by molar-refractivity contribution is -0.137. The van der Waals surface area contributed by atoms with Crippen LogP contribution < -0.4 is 0 Å². The molecule has 0 fully saturated rings. The Morgan fingerprint density at radius 3 is 2.83 bits per heavy atom. The van der Waals surface area contributed by atoms with E-state index in [1.807, 2.05) is 43.3 Å². The maximum atomic E-state index is 11.9. The number of esters is 1. The van der Waals surface area contributed by atoms with Crippen LogP contribution in [0, 0.1) is 18.3 Å². The van der Waals surface area contributed by atoms with E-state index in [2.05, 4.69) is 10.1 Å². The number of carbonyl (C=O) groups excluding carboxylic acids is 1. The number of aryl methyl sites for hydroxylation is 1. The second-order valence-electron chi connectivity index (χ2n) is 4.92. The van der Waals surface area contributed by atoms with Gasteiger partial charge in [0.2, 0.25) is 4.96 Å². The van der Waals surface area contributed by atoms with Crippen LogP contribution in [0.5, 0.6) is 0 Å². The van der Waals surface area contributed by atoms with Gasteiger partial charge in [0, 0.05) is 5.56 Å². The zero-order chi connectivity index (χ0) is 17.1. The first kappa shape index (κ1) is 15.9. The van der Waals surface area contributed by atoms with Gasteiger partial charge >= 0.3 is 5.97 Å². The molecule has 0 atom stereocenters. The van der Waals surface area contributed by atoms with E-state index in [-0.39, 0.29) is 12.2 Å². The second-order valence-corrected chi connectivity index (χ2v) is 6.08. The molecule has 1 aromatic carbocycles. The van der Waals surface area contributed by atoms with Crippen molar-refractivity contribution < 1.29 is 9.53 Å². The van der Waals surface area contributed by atoms with Crippen molar-refractivity contribution in [3.05, 3.63) is 46.6 Å². The Balaban J connectivity index is 2.21. The zero-order valence-electron chi connectivity index (χ0n) is 13.2. The summed E-state index contributed by atoms with van der Waals surface area (Å²) in [5, 5.41) is 14.6. The number of fused-ring (bicyclic) bond motifs is 1. The van der Waals surface area contributed by atoms with Gasteiger partial charge in [0.1, 0.15) is 16.6 Å². The Labute approximate surface area is 142 Å². The third-order valence-electron chi connectivity index (χ3n) is 3.28. The molecule has 3 aromatic rings. The van der Waals surface area contributed by atoms with Crippen molar-refractivity contribution in [2.75, 3.05) is 6.61 Å². The predicted molar refractivity (Wildman–Crippen MR) is 91.3 cm³/mol. The van der Waals surface area contributed by atoms with Gasteiger partial charge in [-0.3, -0.25) is 0 Å². The van der Waals surface area contributed by atoms with Crippen molar-refractivity contribution in [1.82, 2.24) is 14.6 Å². The van der Waals surface area contributed by atoms with Crippen LogP contribution in [0.15, 0.2) is 35.9 Å². The van der Waals surface area contributed by atoms with E-state index in [1.54, 1.807) is 11.4 Å². The lowest BCUT2D eigenvalue weighted by atomic mass is 10.1. The topological polar surface area (TPSA) is 80.3 Å². The highest BCUT2D eigenvalue weighted by atomic mass is 32.1. The molecule has 6 nitrogen and oxygen atoms in total. The molecule has 0 spiro atoms. The van der Waals surface area contributed by atoms with Crippen LogP contribution in [-0.4, -0.2) is 27.2 Å². The van der Waals surface area contributed by atoms with Gasteiger partial charge in [0.15, 0.2) is 0 Å². The number of benzene rings is 1. The van der Waals surface area contributed by atoms with Gasteiger partial charge in [-0.1, -0.05) is 41.7 Å². The average Bonchev–Trinajstić information content (AvgIpc) is 3.10. The Morgan fingerprint density at radius 2 is 2.17 bits per heavy atom. The highest BCUT2D eigenvalue weighted by Gasteiger charge is 2.18. The summed E-state index contributed by atoms with van der Waals surface area (Å²) in [6.45, 7) is 3.79. The number of rotatable bonds is 4. The van der Waals surface area contributed by atoms with E-state index in [0.29, 0.717) is 16.3 Å². The molecule has 7 heteroatoms.